The first-order valence-corrected chi connectivity index (χ1v) is 8.41. The second-order valence-electron chi connectivity index (χ2n) is 5.53. The van der Waals surface area contributed by atoms with E-state index in [-0.39, 0.29) is 5.78 Å². The van der Waals surface area contributed by atoms with Crippen molar-refractivity contribution in [2.75, 3.05) is 10.6 Å². The summed E-state index contributed by atoms with van der Waals surface area (Å²) < 4.78 is 0.925. The van der Waals surface area contributed by atoms with Crippen LogP contribution in [-0.2, 0) is 0 Å². The van der Waals surface area contributed by atoms with E-state index in [0.29, 0.717) is 17.3 Å². The number of anilines is 4. The van der Waals surface area contributed by atoms with Gasteiger partial charge in [-0.1, -0.05) is 6.07 Å². The average Bonchev–Trinajstić information content (AvgIpc) is 2.58. The number of Topliss-reactive ketones (excluding diaryl/α,β-unsaturated/α-hetero) is 1. The van der Waals surface area contributed by atoms with Gasteiger partial charge in [0.25, 0.3) is 0 Å². The van der Waals surface area contributed by atoms with Crippen molar-refractivity contribution in [1.29, 1.82) is 0 Å². The molecule has 1 aromatic heterocycles. The van der Waals surface area contributed by atoms with Crippen LogP contribution in [-0.4, -0.2) is 21.0 Å². The molecule has 0 amide bonds. The second kappa shape index (κ2) is 7.40. The number of aromatic nitrogens is 3. The fourth-order valence-corrected chi connectivity index (χ4v) is 2.79. The quantitative estimate of drug-likeness (QED) is 0.610. The first-order valence-electron chi connectivity index (χ1n) is 7.62. The molecule has 25 heavy (non-hydrogen) atoms. The molecule has 0 saturated heterocycles. The van der Waals surface area contributed by atoms with Crippen molar-refractivity contribution >= 4 is 44.9 Å². The monoisotopic (exact) mass is 397 g/mol. The number of hydrogen-bond donors (Lipinski definition) is 2. The summed E-state index contributed by atoms with van der Waals surface area (Å²) >= 11 is 3.51. The number of carbonyl (C=O) groups excluding carboxylic acids is 1. The van der Waals surface area contributed by atoms with E-state index in [0.717, 1.165) is 21.4 Å². The van der Waals surface area contributed by atoms with E-state index in [1.165, 1.54) is 13.1 Å². The van der Waals surface area contributed by atoms with Gasteiger partial charge in [0.1, 0.15) is 0 Å². The van der Waals surface area contributed by atoms with Crippen LogP contribution in [0.1, 0.15) is 22.8 Å². The van der Waals surface area contributed by atoms with Crippen LogP contribution in [0.5, 0.6) is 0 Å². The Hall–Kier alpha value is -2.80. The third kappa shape index (κ3) is 4.39. The third-order valence-electron chi connectivity index (χ3n) is 3.49. The Labute approximate surface area is 153 Å². The van der Waals surface area contributed by atoms with Crippen molar-refractivity contribution in [1.82, 2.24) is 15.2 Å². The number of rotatable bonds is 5. The molecule has 126 valence electrons. The Kier molecular flexibility index (Phi) is 5.04. The molecule has 7 heteroatoms. The minimum absolute atomic E-state index is 0.0328. The lowest BCUT2D eigenvalue weighted by Crippen LogP contribution is -2.03. The highest BCUT2D eigenvalue weighted by Gasteiger charge is 2.05. The molecular formula is C18H16BrN5O. The van der Waals surface area contributed by atoms with Gasteiger partial charge in [-0.15, -0.1) is 5.10 Å². The Morgan fingerprint density at radius 2 is 1.84 bits per heavy atom. The maximum absolute atomic E-state index is 11.3. The fourth-order valence-electron chi connectivity index (χ4n) is 2.19. The first kappa shape index (κ1) is 17.0. The number of aryl methyl sites for hydroxylation is 1. The average molecular weight is 398 g/mol. The number of carbonyl (C=O) groups is 1. The topological polar surface area (TPSA) is 79.8 Å². The highest BCUT2D eigenvalue weighted by atomic mass is 79.9. The predicted molar refractivity (Wildman–Crippen MR) is 102 cm³/mol. The van der Waals surface area contributed by atoms with Gasteiger partial charge in [0, 0.05) is 15.7 Å². The van der Waals surface area contributed by atoms with E-state index in [1.807, 2.05) is 37.3 Å². The fraction of sp³-hybridized carbons (Fsp3) is 0.111. The molecule has 0 aliphatic heterocycles. The summed E-state index contributed by atoms with van der Waals surface area (Å²) in [6.07, 6.45) is 1.54. The van der Waals surface area contributed by atoms with Gasteiger partial charge in [-0.25, -0.2) is 0 Å². The van der Waals surface area contributed by atoms with Crippen LogP contribution in [0.3, 0.4) is 0 Å². The minimum atomic E-state index is 0.0328. The largest absolute Gasteiger partial charge is 0.339 e. The van der Waals surface area contributed by atoms with E-state index in [9.17, 15) is 4.79 Å². The normalized spacial score (nSPS) is 10.4. The summed E-state index contributed by atoms with van der Waals surface area (Å²) in [5.74, 6) is 0.969. The van der Waals surface area contributed by atoms with Crippen LogP contribution in [0.25, 0.3) is 0 Å². The van der Waals surface area contributed by atoms with Crippen LogP contribution in [0.2, 0.25) is 0 Å². The molecule has 0 saturated carbocycles. The van der Waals surface area contributed by atoms with Gasteiger partial charge in [0.2, 0.25) is 5.95 Å². The van der Waals surface area contributed by atoms with Gasteiger partial charge in [0.05, 0.1) is 11.9 Å². The number of hydrogen-bond acceptors (Lipinski definition) is 6. The Morgan fingerprint density at radius 1 is 1.08 bits per heavy atom. The molecule has 2 N–H and O–H groups in total. The smallest absolute Gasteiger partial charge is 0.249 e. The Balaban J connectivity index is 1.76. The van der Waals surface area contributed by atoms with Crippen LogP contribution >= 0.6 is 15.9 Å². The summed E-state index contributed by atoms with van der Waals surface area (Å²) in [7, 11) is 0. The molecule has 6 nitrogen and oxygen atoms in total. The van der Waals surface area contributed by atoms with E-state index in [2.05, 4.69) is 41.7 Å². The molecule has 3 rings (SSSR count). The van der Waals surface area contributed by atoms with Crippen LogP contribution in [0, 0.1) is 6.92 Å². The van der Waals surface area contributed by atoms with Crippen molar-refractivity contribution in [2.45, 2.75) is 13.8 Å². The highest BCUT2D eigenvalue weighted by Crippen LogP contribution is 2.25. The lowest BCUT2D eigenvalue weighted by atomic mass is 10.1. The van der Waals surface area contributed by atoms with Crippen molar-refractivity contribution < 1.29 is 4.79 Å². The lowest BCUT2D eigenvalue weighted by molar-refractivity contribution is 0.101. The number of benzene rings is 2. The molecule has 1 heterocycles. The van der Waals surface area contributed by atoms with Crippen molar-refractivity contribution in [2.24, 2.45) is 0 Å². The van der Waals surface area contributed by atoms with Crippen LogP contribution in [0.4, 0.5) is 23.1 Å². The number of nitrogens with zero attached hydrogens (tertiary/aromatic N) is 3. The zero-order valence-electron chi connectivity index (χ0n) is 13.7. The summed E-state index contributed by atoms with van der Waals surface area (Å²) in [5, 5.41) is 14.2. The number of ketones is 1. The summed E-state index contributed by atoms with van der Waals surface area (Å²) in [5.41, 5.74) is 3.49. The van der Waals surface area contributed by atoms with Gasteiger partial charge >= 0.3 is 0 Å². The molecule has 0 spiro atoms. The zero-order chi connectivity index (χ0) is 17.8. The maximum atomic E-state index is 11.3. The highest BCUT2D eigenvalue weighted by molar-refractivity contribution is 9.10. The van der Waals surface area contributed by atoms with Crippen molar-refractivity contribution in [3.63, 3.8) is 0 Å². The molecule has 0 aliphatic carbocycles. The van der Waals surface area contributed by atoms with Gasteiger partial charge in [0.15, 0.2) is 11.6 Å². The van der Waals surface area contributed by atoms with E-state index in [1.54, 1.807) is 12.1 Å². The lowest BCUT2D eigenvalue weighted by Gasteiger charge is -2.09. The van der Waals surface area contributed by atoms with E-state index in [4.69, 9.17) is 0 Å². The SMILES string of the molecule is CC(=O)c1ccc(Nc2cnnc(Nc3ccc(C)cc3Br)n2)cc1. The minimum Gasteiger partial charge on any atom is -0.339 e. The molecule has 0 atom stereocenters. The second-order valence-corrected chi connectivity index (χ2v) is 6.39. The van der Waals surface area contributed by atoms with Crippen LogP contribution < -0.4 is 10.6 Å². The van der Waals surface area contributed by atoms with E-state index >= 15 is 0 Å². The van der Waals surface area contributed by atoms with Crippen LogP contribution in [0.15, 0.2) is 53.1 Å². The van der Waals surface area contributed by atoms with Crippen molar-refractivity contribution in [3.05, 3.63) is 64.3 Å². The first-order chi connectivity index (χ1) is 12.0. The Morgan fingerprint density at radius 3 is 2.52 bits per heavy atom. The maximum Gasteiger partial charge on any atom is 0.249 e. The molecule has 2 aromatic carbocycles. The Bertz CT molecular complexity index is 912. The third-order valence-corrected chi connectivity index (χ3v) is 4.15. The standard InChI is InChI=1S/C18H16BrN5O/c1-11-3-8-16(15(19)9-11)22-18-23-17(10-20-24-18)21-14-6-4-13(5-7-14)12(2)25/h3-10H,1-2H3,(H2,21,22,23,24). The molecule has 0 bridgehead atoms. The summed E-state index contributed by atoms with van der Waals surface area (Å²) in [6, 6.07) is 13.1. The molecule has 0 aliphatic rings. The van der Waals surface area contributed by atoms with E-state index < -0.39 is 0 Å². The van der Waals surface area contributed by atoms with Gasteiger partial charge in [-0.05, 0) is 71.7 Å². The van der Waals surface area contributed by atoms with Gasteiger partial charge in [-0.2, -0.15) is 10.1 Å². The molecular weight excluding hydrogens is 382 g/mol. The number of halogens is 1. The number of nitrogens with one attached hydrogen (secondary N) is 2. The molecule has 0 fully saturated rings. The van der Waals surface area contributed by atoms with Crippen molar-refractivity contribution in [3.8, 4) is 0 Å². The summed E-state index contributed by atoms with van der Waals surface area (Å²) in [6.45, 7) is 3.56. The zero-order valence-corrected chi connectivity index (χ0v) is 15.3. The molecule has 0 unspecified atom stereocenters. The van der Waals surface area contributed by atoms with Gasteiger partial charge in [-0.3, -0.25) is 4.79 Å². The van der Waals surface area contributed by atoms with Gasteiger partial charge < -0.3 is 10.6 Å². The summed E-state index contributed by atoms with van der Waals surface area (Å²) in [4.78, 5) is 15.7. The predicted octanol–water partition coefficient (Wildman–Crippen LogP) is 4.63. The molecule has 0 radical (unpaired) electrons. The molecule has 3 aromatic rings.